The van der Waals surface area contributed by atoms with Crippen LogP contribution < -0.4 is 0 Å². The van der Waals surface area contributed by atoms with Gasteiger partial charge in [0.15, 0.2) is 0 Å². The van der Waals surface area contributed by atoms with E-state index in [0.717, 1.165) is 5.75 Å². The number of hydrogen-bond acceptors (Lipinski definition) is 1. The summed E-state index contributed by atoms with van der Waals surface area (Å²) in [5.41, 5.74) is 0. The maximum atomic E-state index is 3.91. The van der Waals surface area contributed by atoms with Gasteiger partial charge in [0.1, 0.15) is 0 Å². The van der Waals surface area contributed by atoms with Gasteiger partial charge in [-0.05, 0) is 0 Å². The minimum absolute atomic E-state index is 0.255. The van der Waals surface area contributed by atoms with E-state index in [-0.39, 0.29) is 10.7 Å². The molecule has 1 rings (SSSR count). The Bertz CT molecular complexity index is 117. The molecular weight excluding hydrogens is 106 g/mol. The van der Waals surface area contributed by atoms with Crippen LogP contribution in [-0.4, -0.2) is 23.0 Å². The Morgan fingerprint density at radius 1 is 1.86 bits per heavy atom. The Morgan fingerprint density at radius 2 is 2.57 bits per heavy atom. The molecule has 7 heavy (non-hydrogen) atoms. The Kier molecular flexibility index (Phi) is 1.19. The smallest absolute Gasteiger partial charge is 0.0257 e. The number of rotatable bonds is 0. The van der Waals surface area contributed by atoms with Crippen LogP contribution in [0.4, 0.5) is 0 Å². The molecule has 0 saturated carbocycles. The molecule has 1 aliphatic heterocycles. The zero-order chi connectivity index (χ0) is 5.28. The Morgan fingerprint density at radius 3 is 2.71 bits per heavy atom. The van der Waals surface area contributed by atoms with Crippen molar-refractivity contribution in [2.45, 2.75) is 0 Å². The lowest BCUT2D eigenvalue weighted by atomic mass is 10.7. The summed E-state index contributed by atoms with van der Waals surface area (Å²) in [6, 6.07) is 0. The van der Waals surface area contributed by atoms with E-state index in [1.54, 1.807) is 0 Å². The van der Waals surface area contributed by atoms with Gasteiger partial charge >= 0.3 is 0 Å². The molecule has 40 valence electrons. The zero-order valence-corrected chi connectivity index (χ0v) is 5.24. The third-order valence-corrected chi connectivity index (χ3v) is 2.52. The monoisotopic (exact) mass is 115 g/mol. The largest absolute Gasteiger partial charge is 0.332 e. The highest BCUT2D eigenvalue weighted by atomic mass is 32.2. The van der Waals surface area contributed by atoms with Crippen LogP contribution >= 0.6 is 10.7 Å². The predicted octanol–water partition coefficient (Wildman–Crippen LogP) is 1.06. The third kappa shape index (κ3) is 0.855. The van der Waals surface area contributed by atoms with Crippen LogP contribution in [-0.2, 0) is 0 Å². The Hall–Kier alpha value is -0.240. The van der Waals surface area contributed by atoms with Gasteiger partial charge in [0.2, 0.25) is 0 Å². The molecule has 0 bridgehead atoms. The average Bonchev–Trinajstić information content (AvgIpc) is 1.91. The van der Waals surface area contributed by atoms with Gasteiger partial charge in [-0.25, -0.2) is 0 Å². The fraction of sp³-hybridized carbons (Fsp3) is 0.400. The van der Waals surface area contributed by atoms with E-state index in [1.807, 2.05) is 0 Å². The first-order valence-corrected chi connectivity index (χ1v) is 3.73. The molecule has 2 heteroatoms. The maximum absolute atomic E-state index is 3.91. The van der Waals surface area contributed by atoms with Crippen LogP contribution in [0.5, 0.6) is 0 Å². The minimum Gasteiger partial charge on any atom is -0.332 e. The molecule has 0 N–H and O–H groups in total. The van der Waals surface area contributed by atoms with Crippen molar-refractivity contribution in [3.8, 4) is 0 Å². The van der Waals surface area contributed by atoms with E-state index in [0.29, 0.717) is 0 Å². The van der Waals surface area contributed by atoms with Crippen LogP contribution in [0.3, 0.4) is 0 Å². The summed E-state index contributed by atoms with van der Waals surface area (Å²) < 4.78 is 2.14. The highest BCUT2D eigenvalue weighted by Crippen LogP contribution is 2.20. The molecular formula is C5H9NS. The molecule has 0 saturated heterocycles. The van der Waals surface area contributed by atoms with Crippen LogP contribution in [0, 0.1) is 0 Å². The van der Waals surface area contributed by atoms with E-state index >= 15 is 0 Å². The van der Waals surface area contributed by atoms with E-state index in [1.165, 1.54) is 0 Å². The van der Waals surface area contributed by atoms with E-state index in [9.17, 15) is 0 Å². The number of hydrogen-bond donors (Lipinski definition) is 0. The quantitative estimate of drug-likeness (QED) is 0.427. The average molecular weight is 115 g/mol. The lowest BCUT2D eigenvalue weighted by Gasteiger charge is -2.08. The van der Waals surface area contributed by atoms with Crippen molar-refractivity contribution >= 4 is 16.5 Å². The maximum Gasteiger partial charge on any atom is 0.0257 e. The van der Waals surface area contributed by atoms with Crippen molar-refractivity contribution in [3.05, 3.63) is 12.3 Å². The topological polar surface area (TPSA) is 3.24 Å². The van der Waals surface area contributed by atoms with Gasteiger partial charge < -0.3 is 4.31 Å². The Labute approximate surface area is 46.7 Å². The van der Waals surface area contributed by atoms with E-state index < -0.39 is 0 Å². The summed E-state index contributed by atoms with van der Waals surface area (Å²) in [5, 5.41) is 0. The number of nitrogens with zero attached hydrogens (tertiary/aromatic N) is 1. The van der Waals surface area contributed by atoms with Gasteiger partial charge in [-0.15, -0.1) is 0 Å². The first-order valence-electron chi connectivity index (χ1n) is 2.21. The summed E-state index contributed by atoms with van der Waals surface area (Å²) in [6.07, 6.45) is 4.23. The molecule has 0 amide bonds. The molecule has 0 spiro atoms. The highest BCUT2D eigenvalue weighted by molar-refractivity contribution is 8.12. The molecule has 0 fully saturated rings. The van der Waals surface area contributed by atoms with Crippen LogP contribution in [0.1, 0.15) is 0 Å². The van der Waals surface area contributed by atoms with Gasteiger partial charge in [0.05, 0.1) is 0 Å². The second-order valence-corrected chi connectivity index (χ2v) is 3.39. The summed E-state index contributed by atoms with van der Waals surface area (Å²) >= 11 is 0. The Balaban J connectivity index is 2.62. The van der Waals surface area contributed by atoms with Gasteiger partial charge in [0, 0.05) is 19.0 Å². The van der Waals surface area contributed by atoms with Crippen LogP contribution in [0.25, 0.3) is 0 Å². The fourth-order valence-electron chi connectivity index (χ4n) is 0.506. The summed E-state index contributed by atoms with van der Waals surface area (Å²) in [6.45, 7) is 0. The van der Waals surface area contributed by atoms with Crippen molar-refractivity contribution in [3.63, 3.8) is 0 Å². The molecule has 0 aromatic heterocycles. The van der Waals surface area contributed by atoms with Crippen molar-refractivity contribution < 1.29 is 0 Å². The molecule has 1 aliphatic rings. The highest BCUT2D eigenvalue weighted by Gasteiger charge is 1.98. The standard InChI is InChI=1S/C5H9NS/c1-6-4-3-5-7(6)2/h3-4H,2,5H2,1H3. The molecule has 1 unspecified atom stereocenters. The van der Waals surface area contributed by atoms with Gasteiger partial charge in [-0.3, -0.25) is 0 Å². The minimum atomic E-state index is 0.255. The van der Waals surface area contributed by atoms with Crippen molar-refractivity contribution in [2.75, 3.05) is 12.8 Å². The van der Waals surface area contributed by atoms with Gasteiger partial charge in [-0.1, -0.05) is 22.6 Å². The first kappa shape index (κ1) is 4.91. The fourth-order valence-corrected chi connectivity index (χ4v) is 1.31. The summed E-state index contributed by atoms with van der Waals surface area (Å²) in [4.78, 5) is 0. The van der Waals surface area contributed by atoms with Crippen LogP contribution in [0.15, 0.2) is 12.3 Å². The van der Waals surface area contributed by atoms with Gasteiger partial charge in [-0.2, -0.15) is 0 Å². The molecule has 1 heterocycles. The molecule has 0 aromatic carbocycles. The zero-order valence-electron chi connectivity index (χ0n) is 4.42. The molecule has 0 radical (unpaired) electrons. The van der Waals surface area contributed by atoms with Crippen molar-refractivity contribution in [1.82, 2.24) is 4.31 Å². The second kappa shape index (κ2) is 1.70. The second-order valence-electron chi connectivity index (χ2n) is 1.56. The molecule has 1 atom stereocenters. The molecule has 0 aliphatic carbocycles. The lowest BCUT2D eigenvalue weighted by Crippen LogP contribution is -1.95. The third-order valence-electron chi connectivity index (χ3n) is 1.01. The summed E-state index contributed by atoms with van der Waals surface area (Å²) in [7, 11) is 2.31. The lowest BCUT2D eigenvalue weighted by molar-refractivity contribution is 0.787. The normalized spacial score (nSPS) is 29.3. The van der Waals surface area contributed by atoms with Crippen molar-refractivity contribution in [1.29, 1.82) is 0 Å². The van der Waals surface area contributed by atoms with Crippen molar-refractivity contribution in [2.24, 2.45) is 0 Å². The van der Waals surface area contributed by atoms with E-state index in [2.05, 4.69) is 29.5 Å². The first-order chi connectivity index (χ1) is 3.30. The van der Waals surface area contributed by atoms with Gasteiger partial charge in [0.25, 0.3) is 0 Å². The van der Waals surface area contributed by atoms with Crippen LogP contribution in [0.2, 0.25) is 0 Å². The molecule has 0 aromatic rings. The molecule has 1 nitrogen and oxygen atoms in total. The SMILES string of the molecule is C=S1CC=CN1C. The summed E-state index contributed by atoms with van der Waals surface area (Å²) in [5.74, 6) is 5.05. The van der Waals surface area contributed by atoms with E-state index in [4.69, 9.17) is 0 Å². The predicted molar refractivity (Wildman–Crippen MR) is 36.5 cm³/mol.